The number of benzene rings is 1. The van der Waals surface area contributed by atoms with E-state index < -0.39 is 8.07 Å². The minimum atomic E-state index is -1.22. The molecule has 0 fully saturated rings. The van der Waals surface area contributed by atoms with Crippen LogP contribution >= 0.6 is 0 Å². The van der Waals surface area contributed by atoms with E-state index >= 15 is 0 Å². The van der Waals surface area contributed by atoms with Crippen molar-refractivity contribution in [1.82, 2.24) is 14.5 Å². The third kappa shape index (κ3) is 5.36. The van der Waals surface area contributed by atoms with E-state index in [9.17, 15) is 4.39 Å². The van der Waals surface area contributed by atoms with Crippen LogP contribution in [0.2, 0.25) is 25.7 Å². The number of halogens is 1. The Bertz CT molecular complexity index is 967. The highest BCUT2D eigenvalue weighted by molar-refractivity contribution is 6.76. The van der Waals surface area contributed by atoms with Crippen LogP contribution in [0.1, 0.15) is 5.82 Å². The van der Waals surface area contributed by atoms with E-state index in [-0.39, 0.29) is 12.5 Å². The summed E-state index contributed by atoms with van der Waals surface area (Å²) in [4.78, 5) is 8.72. The SMILES string of the molecule is C[Si](C)(C)CCOCn1c(C=NO)nc(-c2ccncc2)c1-c1ccc(F)cc1. The smallest absolute Gasteiger partial charge is 0.157 e. The number of hydrogen-bond acceptors (Lipinski definition) is 5. The molecule has 2 heterocycles. The van der Waals surface area contributed by atoms with Gasteiger partial charge in [0, 0.05) is 38.2 Å². The number of pyridine rings is 1. The summed E-state index contributed by atoms with van der Waals surface area (Å²) >= 11 is 0. The van der Waals surface area contributed by atoms with Gasteiger partial charge in [0.2, 0.25) is 0 Å². The molecule has 29 heavy (non-hydrogen) atoms. The zero-order chi connectivity index (χ0) is 20.9. The van der Waals surface area contributed by atoms with Crippen molar-refractivity contribution in [1.29, 1.82) is 0 Å². The predicted molar refractivity (Wildman–Crippen MR) is 114 cm³/mol. The minimum absolute atomic E-state index is 0.247. The molecule has 0 atom stereocenters. The van der Waals surface area contributed by atoms with Crippen molar-refractivity contribution in [2.45, 2.75) is 32.4 Å². The lowest BCUT2D eigenvalue weighted by Gasteiger charge is -2.17. The fourth-order valence-electron chi connectivity index (χ4n) is 2.90. The maximum atomic E-state index is 13.5. The first-order chi connectivity index (χ1) is 13.9. The molecule has 1 aromatic carbocycles. The van der Waals surface area contributed by atoms with Crippen molar-refractivity contribution in [3.05, 3.63) is 60.4 Å². The summed E-state index contributed by atoms with van der Waals surface area (Å²) in [7, 11) is -1.22. The van der Waals surface area contributed by atoms with Gasteiger partial charge >= 0.3 is 0 Å². The highest BCUT2D eigenvalue weighted by atomic mass is 28.3. The van der Waals surface area contributed by atoms with Gasteiger partial charge in [-0.3, -0.25) is 9.55 Å². The first-order valence-electron chi connectivity index (χ1n) is 9.41. The van der Waals surface area contributed by atoms with E-state index in [1.165, 1.54) is 18.3 Å². The monoisotopic (exact) mass is 412 g/mol. The third-order valence-corrected chi connectivity index (χ3v) is 6.16. The van der Waals surface area contributed by atoms with Gasteiger partial charge in [0.1, 0.15) is 18.8 Å². The van der Waals surface area contributed by atoms with Crippen LogP contribution in [0, 0.1) is 5.82 Å². The molecule has 1 N–H and O–H groups in total. The molecule has 0 radical (unpaired) electrons. The van der Waals surface area contributed by atoms with Gasteiger partial charge in [-0.2, -0.15) is 0 Å². The summed E-state index contributed by atoms with van der Waals surface area (Å²) in [6.45, 7) is 7.77. The Balaban J connectivity index is 2.06. The standard InChI is InChI=1S/C21H25FN4O2Si/c1-29(2,3)13-12-28-15-26-19(14-24-27)25-20(16-8-10-23-11-9-16)21(26)17-4-6-18(22)7-5-17/h4-11,14,27H,12-13,15H2,1-3H3. The zero-order valence-corrected chi connectivity index (χ0v) is 17.8. The molecule has 6 nitrogen and oxygen atoms in total. The fraction of sp³-hybridized carbons (Fsp3) is 0.286. The molecule has 152 valence electrons. The molecule has 0 aliphatic heterocycles. The van der Waals surface area contributed by atoms with E-state index in [0.717, 1.165) is 22.9 Å². The van der Waals surface area contributed by atoms with E-state index in [1.807, 2.05) is 16.7 Å². The van der Waals surface area contributed by atoms with Crippen molar-refractivity contribution >= 4 is 14.3 Å². The van der Waals surface area contributed by atoms with E-state index in [1.54, 1.807) is 24.5 Å². The number of aromatic nitrogens is 3. The predicted octanol–water partition coefficient (Wildman–Crippen LogP) is 4.87. The average Bonchev–Trinajstić information content (AvgIpc) is 3.04. The Labute approximate surface area is 170 Å². The quantitative estimate of drug-likeness (QED) is 0.188. The van der Waals surface area contributed by atoms with Crippen LogP contribution in [0.4, 0.5) is 4.39 Å². The van der Waals surface area contributed by atoms with Crippen LogP contribution in [0.5, 0.6) is 0 Å². The largest absolute Gasteiger partial charge is 0.411 e. The van der Waals surface area contributed by atoms with Crippen LogP contribution in [0.25, 0.3) is 22.5 Å². The molecule has 0 saturated carbocycles. The highest BCUT2D eigenvalue weighted by Gasteiger charge is 2.20. The number of hydrogen-bond donors (Lipinski definition) is 1. The molecule has 8 heteroatoms. The first kappa shape index (κ1) is 20.9. The van der Waals surface area contributed by atoms with E-state index in [0.29, 0.717) is 18.1 Å². The number of oxime groups is 1. The van der Waals surface area contributed by atoms with E-state index in [2.05, 4.69) is 34.8 Å². The van der Waals surface area contributed by atoms with Crippen LogP contribution < -0.4 is 0 Å². The Morgan fingerprint density at radius 3 is 2.41 bits per heavy atom. The Morgan fingerprint density at radius 2 is 1.79 bits per heavy atom. The van der Waals surface area contributed by atoms with Crippen LogP contribution in [-0.4, -0.2) is 40.6 Å². The molecule has 0 saturated heterocycles. The second-order valence-electron chi connectivity index (χ2n) is 7.93. The zero-order valence-electron chi connectivity index (χ0n) is 16.8. The highest BCUT2D eigenvalue weighted by Crippen LogP contribution is 2.32. The molecule has 0 aliphatic rings. The van der Waals surface area contributed by atoms with Crippen molar-refractivity contribution in [2.75, 3.05) is 6.61 Å². The maximum Gasteiger partial charge on any atom is 0.157 e. The lowest BCUT2D eigenvalue weighted by Crippen LogP contribution is -2.22. The van der Waals surface area contributed by atoms with Crippen LogP contribution in [0.15, 0.2) is 53.9 Å². The van der Waals surface area contributed by atoms with E-state index in [4.69, 9.17) is 9.94 Å². The Hall–Kier alpha value is -2.84. The Morgan fingerprint density at radius 1 is 1.10 bits per heavy atom. The molecule has 3 rings (SSSR count). The lowest BCUT2D eigenvalue weighted by atomic mass is 10.1. The second kappa shape index (κ2) is 9.10. The van der Waals surface area contributed by atoms with Gasteiger partial charge in [-0.05, 0) is 42.4 Å². The average molecular weight is 413 g/mol. The van der Waals surface area contributed by atoms with Gasteiger partial charge < -0.3 is 9.94 Å². The third-order valence-electron chi connectivity index (χ3n) is 4.46. The topological polar surface area (TPSA) is 72.5 Å². The normalized spacial score (nSPS) is 12.0. The summed E-state index contributed by atoms with van der Waals surface area (Å²) in [5.41, 5.74) is 3.09. The van der Waals surface area contributed by atoms with Crippen molar-refractivity contribution in [3.8, 4) is 22.5 Å². The summed E-state index contributed by atoms with van der Waals surface area (Å²) in [6.07, 6.45) is 4.65. The summed E-state index contributed by atoms with van der Waals surface area (Å²) in [6, 6.07) is 11.0. The molecular weight excluding hydrogens is 387 g/mol. The molecule has 0 aliphatic carbocycles. The first-order valence-corrected chi connectivity index (χ1v) is 13.1. The molecule has 3 aromatic rings. The van der Waals surface area contributed by atoms with Crippen molar-refractivity contribution in [3.63, 3.8) is 0 Å². The molecule has 0 bridgehead atoms. The molecular formula is C21H25FN4O2Si. The van der Waals surface area contributed by atoms with Gasteiger partial charge in [0.05, 0.1) is 11.4 Å². The van der Waals surface area contributed by atoms with Gasteiger partial charge in [0.15, 0.2) is 5.82 Å². The molecule has 0 unspecified atom stereocenters. The minimum Gasteiger partial charge on any atom is -0.411 e. The van der Waals surface area contributed by atoms with Crippen molar-refractivity contribution in [2.24, 2.45) is 5.16 Å². The Kier molecular flexibility index (Phi) is 6.55. The van der Waals surface area contributed by atoms with Crippen molar-refractivity contribution < 1.29 is 14.3 Å². The molecule has 0 spiro atoms. The summed E-state index contributed by atoms with van der Waals surface area (Å²) in [5, 5.41) is 12.3. The van der Waals surface area contributed by atoms with Crippen LogP contribution in [-0.2, 0) is 11.5 Å². The lowest BCUT2D eigenvalue weighted by molar-refractivity contribution is 0.0879. The molecule has 2 aromatic heterocycles. The number of ether oxygens (including phenoxy) is 1. The van der Waals surface area contributed by atoms with Gasteiger partial charge in [-0.1, -0.05) is 24.8 Å². The summed E-state index contributed by atoms with van der Waals surface area (Å²) < 4.78 is 21.3. The number of imidazole rings is 1. The van der Waals surface area contributed by atoms with Gasteiger partial charge in [-0.15, -0.1) is 0 Å². The van der Waals surface area contributed by atoms with Crippen LogP contribution in [0.3, 0.4) is 0 Å². The van der Waals surface area contributed by atoms with Gasteiger partial charge in [0.25, 0.3) is 0 Å². The molecule has 0 amide bonds. The second-order valence-corrected chi connectivity index (χ2v) is 13.6. The van der Waals surface area contributed by atoms with Gasteiger partial charge in [-0.25, -0.2) is 9.37 Å². The fourth-order valence-corrected chi connectivity index (χ4v) is 3.65. The number of rotatable bonds is 8. The maximum absolute atomic E-state index is 13.5. The summed E-state index contributed by atoms with van der Waals surface area (Å²) in [5.74, 6) is 0.139. The number of nitrogens with zero attached hydrogens (tertiary/aromatic N) is 4.